The van der Waals surface area contributed by atoms with E-state index in [2.05, 4.69) is 25.8 Å². The van der Waals surface area contributed by atoms with Gasteiger partial charge in [-0.2, -0.15) is 5.10 Å². The Balaban J connectivity index is 1.55. The maximum atomic E-state index is 11.6. The first-order valence-electron chi connectivity index (χ1n) is 10.6. The van der Waals surface area contributed by atoms with E-state index in [9.17, 15) is 9.90 Å². The summed E-state index contributed by atoms with van der Waals surface area (Å²) >= 11 is 1.43. The van der Waals surface area contributed by atoms with Crippen LogP contribution in [-0.4, -0.2) is 49.9 Å². The number of β-amino-alcohol motifs (C(OH)–C–C–N with tert-alkyl or cyclic N) is 1. The van der Waals surface area contributed by atoms with Crippen LogP contribution in [-0.2, 0) is 4.79 Å². The molecule has 0 saturated carbocycles. The van der Waals surface area contributed by atoms with Gasteiger partial charge in [0.1, 0.15) is 17.5 Å². The van der Waals surface area contributed by atoms with E-state index in [1.54, 1.807) is 0 Å². The maximum Gasteiger partial charge on any atom is 0.224 e. The number of H-pyrrole nitrogens is 1. The minimum absolute atomic E-state index is 0.0206. The number of anilines is 4. The monoisotopic (exact) mass is 453 g/mol. The summed E-state index contributed by atoms with van der Waals surface area (Å²) in [5, 5.41) is 24.2. The molecule has 0 radical (unpaired) electrons. The highest BCUT2D eigenvalue weighted by Gasteiger charge is 2.40. The number of hydrogen-bond donors (Lipinski definition) is 4. The summed E-state index contributed by atoms with van der Waals surface area (Å²) in [6, 6.07) is 11.4. The zero-order valence-corrected chi connectivity index (χ0v) is 19.2. The Bertz CT molecular complexity index is 1090. The molecule has 3 heterocycles. The van der Waals surface area contributed by atoms with Gasteiger partial charge >= 0.3 is 0 Å². The highest BCUT2D eigenvalue weighted by atomic mass is 32.2. The quantitative estimate of drug-likeness (QED) is 0.381. The normalized spacial score (nSPS) is 14.7. The predicted octanol–water partition coefficient (Wildman–Crippen LogP) is 3.71. The van der Waals surface area contributed by atoms with E-state index < -0.39 is 5.60 Å². The number of hydrogen-bond acceptors (Lipinski definition) is 8. The Morgan fingerprint density at radius 2 is 1.97 bits per heavy atom. The molecular formula is C22H27N7O2S. The third-order valence-corrected chi connectivity index (χ3v) is 6.15. The van der Waals surface area contributed by atoms with E-state index in [-0.39, 0.29) is 5.91 Å². The summed E-state index contributed by atoms with van der Waals surface area (Å²) in [5.41, 5.74) is 0.972. The zero-order valence-electron chi connectivity index (χ0n) is 18.3. The molecule has 1 aliphatic heterocycles. The van der Waals surface area contributed by atoms with Crippen molar-refractivity contribution in [1.82, 2.24) is 20.2 Å². The number of rotatable bonds is 8. The number of aromatic amines is 1. The van der Waals surface area contributed by atoms with Crippen LogP contribution in [0.3, 0.4) is 0 Å². The number of aliphatic hydroxyl groups is 1. The van der Waals surface area contributed by atoms with Crippen molar-refractivity contribution in [1.29, 1.82) is 0 Å². The number of amides is 1. The van der Waals surface area contributed by atoms with Crippen LogP contribution in [0.25, 0.3) is 0 Å². The number of benzene rings is 1. The standard InChI is InChI=1S/C22H27N7O2S/c1-4-20(30)23-15-6-8-16(9-7-15)32-21-25-17(24-18-10-14(3)27-28-18)11-19(26-21)29-12-22(31,5-2)13-29/h6-11,31H,4-5,12-13H2,1-3H3,(H,23,30)(H2,24,25,26,27,28). The molecule has 4 N–H and O–H groups in total. The van der Waals surface area contributed by atoms with Gasteiger partial charge in [-0.25, -0.2) is 9.97 Å². The third kappa shape index (κ3) is 5.20. The summed E-state index contributed by atoms with van der Waals surface area (Å²) in [6.07, 6.45) is 1.14. The summed E-state index contributed by atoms with van der Waals surface area (Å²) in [4.78, 5) is 23.9. The van der Waals surface area contributed by atoms with Gasteiger partial charge in [0.05, 0.1) is 11.3 Å². The SMILES string of the molecule is CCC(=O)Nc1ccc(Sc2nc(Nc3cc(C)n[nH]3)cc(N3CC(O)(CC)C3)n2)cc1. The van der Waals surface area contributed by atoms with Crippen LogP contribution in [0.2, 0.25) is 0 Å². The molecule has 0 aliphatic carbocycles. The van der Waals surface area contributed by atoms with Crippen molar-refractivity contribution in [3.8, 4) is 0 Å². The van der Waals surface area contributed by atoms with Crippen LogP contribution in [0.15, 0.2) is 46.5 Å². The molecular weight excluding hydrogens is 426 g/mol. The molecule has 9 nitrogen and oxygen atoms in total. The van der Waals surface area contributed by atoms with Gasteiger partial charge in [0, 0.05) is 42.2 Å². The Morgan fingerprint density at radius 1 is 1.22 bits per heavy atom. The van der Waals surface area contributed by atoms with Crippen molar-refractivity contribution in [2.75, 3.05) is 28.6 Å². The Morgan fingerprint density at radius 3 is 2.59 bits per heavy atom. The average molecular weight is 454 g/mol. The van der Waals surface area contributed by atoms with Crippen molar-refractivity contribution < 1.29 is 9.90 Å². The lowest BCUT2D eigenvalue weighted by molar-refractivity contribution is -0.115. The van der Waals surface area contributed by atoms with E-state index in [1.165, 1.54) is 11.8 Å². The van der Waals surface area contributed by atoms with Crippen molar-refractivity contribution in [2.24, 2.45) is 0 Å². The summed E-state index contributed by atoms with van der Waals surface area (Å²) < 4.78 is 0. The van der Waals surface area contributed by atoms with Gasteiger partial charge in [0.25, 0.3) is 0 Å². The molecule has 0 atom stereocenters. The fraction of sp³-hybridized carbons (Fsp3) is 0.364. The molecule has 2 aromatic heterocycles. The number of nitrogens with one attached hydrogen (secondary N) is 3. The van der Waals surface area contributed by atoms with E-state index >= 15 is 0 Å². The first-order chi connectivity index (χ1) is 15.4. The fourth-order valence-corrected chi connectivity index (χ4v) is 4.09. The molecule has 1 amide bonds. The topological polar surface area (TPSA) is 119 Å². The average Bonchev–Trinajstić information content (AvgIpc) is 3.17. The molecule has 0 bridgehead atoms. The van der Waals surface area contributed by atoms with Gasteiger partial charge in [-0.05, 0) is 49.4 Å². The second kappa shape index (κ2) is 9.17. The van der Waals surface area contributed by atoms with Crippen molar-refractivity contribution in [3.05, 3.63) is 42.1 Å². The molecule has 0 unspecified atom stereocenters. The Labute approximate surface area is 191 Å². The first-order valence-corrected chi connectivity index (χ1v) is 11.4. The maximum absolute atomic E-state index is 11.6. The Hall–Kier alpha value is -3.11. The van der Waals surface area contributed by atoms with Gasteiger partial charge in [-0.3, -0.25) is 9.89 Å². The lowest BCUT2D eigenvalue weighted by Crippen LogP contribution is -2.61. The second-order valence-electron chi connectivity index (χ2n) is 7.90. The van der Waals surface area contributed by atoms with Crippen LogP contribution >= 0.6 is 11.8 Å². The van der Waals surface area contributed by atoms with Crippen molar-refractivity contribution >= 4 is 40.8 Å². The van der Waals surface area contributed by atoms with E-state index in [1.807, 2.05) is 62.1 Å². The molecule has 0 spiro atoms. The number of aryl methyl sites for hydroxylation is 1. The van der Waals surface area contributed by atoms with Crippen molar-refractivity contribution in [2.45, 2.75) is 49.3 Å². The highest BCUT2D eigenvalue weighted by Crippen LogP contribution is 2.33. The molecule has 10 heteroatoms. The molecule has 1 fully saturated rings. The van der Waals surface area contributed by atoms with Crippen LogP contribution in [0.1, 0.15) is 32.4 Å². The predicted molar refractivity (Wildman–Crippen MR) is 126 cm³/mol. The minimum atomic E-state index is -0.662. The van der Waals surface area contributed by atoms with Crippen LogP contribution in [0.4, 0.5) is 23.1 Å². The van der Waals surface area contributed by atoms with Crippen LogP contribution < -0.4 is 15.5 Å². The summed E-state index contributed by atoms with van der Waals surface area (Å²) in [6.45, 7) is 6.79. The minimum Gasteiger partial charge on any atom is -0.386 e. The number of carbonyl (C=O) groups is 1. The highest BCUT2D eigenvalue weighted by molar-refractivity contribution is 7.99. The molecule has 1 aliphatic rings. The molecule has 168 valence electrons. The largest absolute Gasteiger partial charge is 0.386 e. The molecule has 32 heavy (non-hydrogen) atoms. The van der Waals surface area contributed by atoms with E-state index in [0.717, 1.165) is 27.9 Å². The zero-order chi connectivity index (χ0) is 22.7. The van der Waals surface area contributed by atoms with Gasteiger partial charge in [-0.15, -0.1) is 0 Å². The van der Waals surface area contributed by atoms with Gasteiger partial charge in [0.2, 0.25) is 5.91 Å². The molecule has 1 saturated heterocycles. The molecule has 3 aromatic rings. The van der Waals surface area contributed by atoms with E-state index in [0.29, 0.717) is 36.9 Å². The first kappa shape index (κ1) is 22.1. The Kier molecular flexibility index (Phi) is 6.33. The van der Waals surface area contributed by atoms with Gasteiger partial charge in [0.15, 0.2) is 5.16 Å². The third-order valence-electron chi connectivity index (χ3n) is 5.28. The second-order valence-corrected chi connectivity index (χ2v) is 8.94. The van der Waals surface area contributed by atoms with Crippen molar-refractivity contribution in [3.63, 3.8) is 0 Å². The number of aromatic nitrogens is 4. The summed E-state index contributed by atoms with van der Waals surface area (Å²) in [5.74, 6) is 2.12. The van der Waals surface area contributed by atoms with Gasteiger partial charge in [-0.1, -0.05) is 13.8 Å². The smallest absolute Gasteiger partial charge is 0.224 e. The van der Waals surface area contributed by atoms with Crippen LogP contribution in [0, 0.1) is 6.92 Å². The van der Waals surface area contributed by atoms with Crippen LogP contribution in [0.5, 0.6) is 0 Å². The molecule has 1 aromatic carbocycles. The lowest BCUT2D eigenvalue weighted by Gasteiger charge is -2.46. The fourth-order valence-electron chi connectivity index (χ4n) is 3.32. The molecule has 4 rings (SSSR count). The number of carbonyl (C=O) groups excluding carboxylic acids is 1. The number of nitrogens with zero attached hydrogens (tertiary/aromatic N) is 4. The summed E-state index contributed by atoms with van der Waals surface area (Å²) in [7, 11) is 0. The van der Waals surface area contributed by atoms with Gasteiger partial charge < -0.3 is 20.6 Å². The van der Waals surface area contributed by atoms with E-state index in [4.69, 9.17) is 4.98 Å². The lowest BCUT2D eigenvalue weighted by atomic mass is 9.91.